The van der Waals surface area contributed by atoms with Gasteiger partial charge in [-0.15, -0.1) is 0 Å². The second-order valence-electron chi connectivity index (χ2n) is 2.53. The van der Waals surface area contributed by atoms with Gasteiger partial charge in [-0.25, -0.2) is 9.78 Å². The van der Waals surface area contributed by atoms with Gasteiger partial charge in [0.1, 0.15) is 6.33 Å². The number of carbonyl (C=O) groups is 1. The van der Waals surface area contributed by atoms with Gasteiger partial charge in [0.05, 0.1) is 10.1 Å². The lowest BCUT2D eigenvalue weighted by Gasteiger charge is -1.97. The summed E-state index contributed by atoms with van der Waals surface area (Å²) >= 11 is 3.30. The van der Waals surface area contributed by atoms with Gasteiger partial charge in [-0.1, -0.05) is 0 Å². The van der Waals surface area contributed by atoms with Gasteiger partial charge in [-0.3, -0.25) is 4.40 Å². The molecule has 0 aliphatic carbocycles. The van der Waals surface area contributed by atoms with E-state index in [1.165, 1.54) is 12.4 Å². The third kappa shape index (κ3) is 1.31. The molecule has 0 radical (unpaired) electrons. The van der Waals surface area contributed by atoms with Crippen molar-refractivity contribution in [3.63, 3.8) is 0 Å². The average molecular weight is 241 g/mol. The Morgan fingerprint density at radius 3 is 3.00 bits per heavy atom. The van der Waals surface area contributed by atoms with Crippen LogP contribution in [0.5, 0.6) is 0 Å². The van der Waals surface area contributed by atoms with E-state index in [2.05, 4.69) is 20.9 Å². The Labute approximate surface area is 82.0 Å². The summed E-state index contributed by atoms with van der Waals surface area (Å²) in [6.07, 6.45) is 1.48. The Morgan fingerprint density at radius 1 is 1.54 bits per heavy atom. The van der Waals surface area contributed by atoms with Crippen molar-refractivity contribution in [3.8, 4) is 0 Å². The molecule has 2 rings (SSSR count). The Kier molecular flexibility index (Phi) is 1.81. The van der Waals surface area contributed by atoms with Crippen molar-refractivity contribution >= 4 is 27.4 Å². The zero-order valence-corrected chi connectivity index (χ0v) is 8.02. The Balaban J connectivity index is 2.70. The molecular formula is C8H5BrN2O2. The number of nitrogens with zero attached hydrogens (tertiary/aromatic N) is 2. The summed E-state index contributed by atoms with van der Waals surface area (Å²) in [5.41, 5.74) is 0.859. The number of hydrogen-bond donors (Lipinski definition) is 1. The zero-order valence-electron chi connectivity index (χ0n) is 6.44. The van der Waals surface area contributed by atoms with Gasteiger partial charge < -0.3 is 5.11 Å². The van der Waals surface area contributed by atoms with Gasteiger partial charge in [0.15, 0.2) is 5.69 Å². The molecule has 0 unspecified atom stereocenters. The first-order valence-corrected chi connectivity index (χ1v) is 4.33. The molecule has 0 atom stereocenters. The molecule has 0 bridgehead atoms. The summed E-state index contributed by atoms with van der Waals surface area (Å²) in [6.45, 7) is 0. The number of hydrogen-bond acceptors (Lipinski definition) is 2. The minimum atomic E-state index is -1.01. The van der Waals surface area contributed by atoms with Gasteiger partial charge in [-0.05, 0) is 34.1 Å². The van der Waals surface area contributed by atoms with Gasteiger partial charge >= 0.3 is 5.97 Å². The molecule has 0 spiro atoms. The number of aromatic carboxylic acids is 1. The predicted molar refractivity (Wildman–Crippen MR) is 49.9 cm³/mol. The second kappa shape index (κ2) is 2.85. The van der Waals surface area contributed by atoms with Crippen LogP contribution in [0.3, 0.4) is 0 Å². The van der Waals surface area contributed by atoms with Gasteiger partial charge in [0.2, 0.25) is 0 Å². The Morgan fingerprint density at radius 2 is 2.31 bits per heavy atom. The molecule has 2 aromatic rings. The Hall–Kier alpha value is -1.36. The third-order valence-corrected chi connectivity index (χ3v) is 2.36. The number of halogens is 1. The van der Waals surface area contributed by atoms with Crippen LogP contribution in [0, 0.1) is 0 Å². The first-order chi connectivity index (χ1) is 6.18. The van der Waals surface area contributed by atoms with Crippen molar-refractivity contribution in [2.45, 2.75) is 0 Å². The fraction of sp³-hybridized carbons (Fsp3) is 0. The quantitative estimate of drug-likeness (QED) is 0.828. The van der Waals surface area contributed by atoms with Crippen LogP contribution >= 0.6 is 15.9 Å². The molecule has 2 aromatic heterocycles. The molecule has 0 saturated heterocycles. The summed E-state index contributed by atoms with van der Waals surface area (Å²) in [5.74, 6) is -1.01. The van der Waals surface area contributed by atoms with E-state index in [9.17, 15) is 4.79 Å². The second-order valence-corrected chi connectivity index (χ2v) is 3.34. The van der Waals surface area contributed by atoms with E-state index in [0.29, 0.717) is 0 Å². The summed E-state index contributed by atoms with van der Waals surface area (Å²) < 4.78 is 2.61. The van der Waals surface area contributed by atoms with Crippen LogP contribution in [-0.4, -0.2) is 20.5 Å². The van der Waals surface area contributed by atoms with Gasteiger partial charge in [0.25, 0.3) is 0 Å². The fourth-order valence-electron chi connectivity index (χ4n) is 1.09. The monoisotopic (exact) mass is 240 g/mol. The highest BCUT2D eigenvalue weighted by Gasteiger charge is 2.06. The highest BCUT2D eigenvalue weighted by atomic mass is 79.9. The largest absolute Gasteiger partial charge is 0.477 e. The lowest BCUT2D eigenvalue weighted by atomic mass is 10.3. The first kappa shape index (κ1) is 8.25. The first-order valence-electron chi connectivity index (χ1n) is 3.54. The number of carboxylic acid groups (broad SMARTS) is 1. The van der Waals surface area contributed by atoms with Gasteiger partial charge in [0, 0.05) is 0 Å². The maximum absolute atomic E-state index is 10.6. The predicted octanol–water partition coefficient (Wildman–Crippen LogP) is 1.79. The molecule has 0 fully saturated rings. The van der Waals surface area contributed by atoms with E-state index >= 15 is 0 Å². The smallest absolute Gasteiger partial charge is 0.354 e. The number of carboxylic acids is 1. The molecule has 1 N–H and O–H groups in total. The summed E-state index contributed by atoms with van der Waals surface area (Å²) in [6, 6.07) is 5.17. The third-order valence-electron chi connectivity index (χ3n) is 1.72. The maximum Gasteiger partial charge on any atom is 0.354 e. The van der Waals surface area contributed by atoms with Crippen LogP contribution in [0.1, 0.15) is 10.5 Å². The number of aromatic nitrogens is 2. The minimum absolute atomic E-state index is 0.0538. The van der Waals surface area contributed by atoms with E-state index in [4.69, 9.17) is 5.11 Å². The van der Waals surface area contributed by atoms with E-state index in [-0.39, 0.29) is 5.69 Å². The van der Waals surface area contributed by atoms with Gasteiger partial charge in [-0.2, -0.15) is 0 Å². The van der Waals surface area contributed by atoms with Crippen LogP contribution in [0.15, 0.2) is 29.1 Å². The molecule has 4 nitrogen and oxygen atoms in total. The minimum Gasteiger partial charge on any atom is -0.477 e. The van der Waals surface area contributed by atoms with Crippen molar-refractivity contribution < 1.29 is 9.90 Å². The summed E-state index contributed by atoms with van der Waals surface area (Å²) in [7, 11) is 0. The fourth-order valence-corrected chi connectivity index (χ4v) is 1.52. The number of fused-ring (bicyclic) bond motifs is 1. The molecule has 0 aliphatic heterocycles. The van der Waals surface area contributed by atoms with E-state index < -0.39 is 5.97 Å². The molecule has 0 aromatic carbocycles. The summed E-state index contributed by atoms with van der Waals surface area (Å²) in [4.78, 5) is 14.3. The van der Waals surface area contributed by atoms with E-state index in [1.54, 1.807) is 4.40 Å². The average Bonchev–Trinajstić information content (AvgIpc) is 2.47. The van der Waals surface area contributed by atoms with Crippen molar-refractivity contribution in [3.05, 3.63) is 34.8 Å². The van der Waals surface area contributed by atoms with E-state index in [0.717, 1.165) is 10.1 Å². The SMILES string of the molecule is O=C(O)c1cc2ccc(Br)n2cn1. The van der Waals surface area contributed by atoms with Crippen LogP contribution in [0.25, 0.3) is 5.52 Å². The lowest BCUT2D eigenvalue weighted by Crippen LogP contribution is -2.01. The number of rotatable bonds is 1. The van der Waals surface area contributed by atoms with Crippen LogP contribution in [-0.2, 0) is 0 Å². The zero-order chi connectivity index (χ0) is 9.42. The molecule has 0 saturated carbocycles. The molecule has 0 amide bonds. The van der Waals surface area contributed by atoms with E-state index in [1.807, 2.05) is 12.1 Å². The topological polar surface area (TPSA) is 54.6 Å². The highest BCUT2D eigenvalue weighted by Crippen LogP contribution is 2.15. The summed E-state index contributed by atoms with van der Waals surface area (Å²) in [5, 5.41) is 8.67. The van der Waals surface area contributed by atoms with Crippen molar-refractivity contribution in [2.24, 2.45) is 0 Å². The molecule has 2 heterocycles. The molecule has 0 aliphatic rings. The maximum atomic E-state index is 10.6. The van der Waals surface area contributed by atoms with Crippen LogP contribution < -0.4 is 0 Å². The van der Waals surface area contributed by atoms with Crippen molar-refractivity contribution in [1.29, 1.82) is 0 Å². The van der Waals surface area contributed by atoms with Crippen molar-refractivity contribution in [1.82, 2.24) is 9.38 Å². The Bertz CT molecular complexity index is 478. The highest BCUT2D eigenvalue weighted by molar-refractivity contribution is 9.10. The van der Waals surface area contributed by atoms with Crippen LogP contribution in [0.2, 0.25) is 0 Å². The standard InChI is InChI=1S/C8H5BrN2O2/c9-7-2-1-5-3-6(8(12)13)10-4-11(5)7/h1-4H,(H,12,13). The molecular weight excluding hydrogens is 236 g/mol. The molecule has 5 heteroatoms. The van der Waals surface area contributed by atoms with Crippen molar-refractivity contribution in [2.75, 3.05) is 0 Å². The van der Waals surface area contributed by atoms with Crippen LogP contribution in [0.4, 0.5) is 0 Å². The molecule has 66 valence electrons. The molecule has 13 heavy (non-hydrogen) atoms. The lowest BCUT2D eigenvalue weighted by molar-refractivity contribution is 0.0690. The normalized spacial score (nSPS) is 10.5.